The average molecular weight is 473 g/mol. The number of benzene rings is 2. The fourth-order valence-corrected chi connectivity index (χ4v) is 3.96. The van der Waals surface area contributed by atoms with E-state index in [0.717, 1.165) is 5.56 Å². The number of nitrogens with one attached hydrogen (secondary N) is 1. The zero-order chi connectivity index (χ0) is 25.1. The molecule has 0 saturated heterocycles. The van der Waals surface area contributed by atoms with Crippen molar-refractivity contribution in [2.24, 2.45) is 0 Å². The number of hydrogen-bond acceptors (Lipinski definition) is 7. The Kier molecular flexibility index (Phi) is 6.59. The normalized spacial score (nSPS) is 10.8. The molecule has 0 atom stereocenters. The van der Waals surface area contributed by atoms with Crippen molar-refractivity contribution in [2.75, 3.05) is 13.7 Å². The summed E-state index contributed by atoms with van der Waals surface area (Å²) in [6.07, 6.45) is 0. The van der Waals surface area contributed by atoms with Crippen molar-refractivity contribution in [1.29, 1.82) is 0 Å². The molecule has 2 aromatic carbocycles. The van der Waals surface area contributed by atoms with E-state index in [4.69, 9.17) is 9.47 Å². The third kappa shape index (κ3) is 4.61. The molecule has 0 amide bonds. The third-order valence-electron chi connectivity index (χ3n) is 5.68. The molecule has 0 aliphatic rings. The smallest absolute Gasteiger partial charge is 0.359 e. The van der Waals surface area contributed by atoms with E-state index in [9.17, 15) is 19.2 Å². The molecule has 178 valence electrons. The summed E-state index contributed by atoms with van der Waals surface area (Å²) in [5, 5.41) is 4.91. The maximum Gasteiger partial charge on any atom is 0.359 e. The van der Waals surface area contributed by atoms with E-state index in [2.05, 4.69) is 10.1 Å². The predicted molar refractivity (Wildman–Crippen MR) is 128 cm³/mol. The molecule has 0 radical (unpaired) electrons. The first-order chi connectivity index (χ1) is 16.8. The van der Waals surface area contributed by atoms with Gasteiger partial charge in [0, 0.05) is 11.1 Å². The van der Waals surface area contributed by atoms with E-state index in [0.29, 0.717) is 22.0 Å². The van der Waals surface area contributed by atoms with Crippen LogP contribution in [0.1, 0.15) is 48.2 Å². The van der Waals surface area contributed by atoms with Crippen molar-refractivity contribution in [3.63, 3.8) is 0 Å². The SMILES string of the molecule is COC(=O)c1c(C)[nH]c(C(=O)COC(=O)c2nn(Cc3ccccc3)c(=O)c3ccccc23)c1C. The molecule has 0 fully saturated rings. The molecule has 4 rings (SSSR count). The number of rotatable bonds is 7. The molecule has 0 spiro atoms. The van der Waals surface area contributed by atoms with E-state index >= 15 is 0 Å². The summed E-state index contributed by atoms with van der Waals surface area (Å²) < 4.78 is 11.3. The Bertz CT molecular complexity index is 1500. The molecule has 0 aliphatic carbocycles. The molecule has 0 saturated carbocycles. The summed E-state index contributed by atoms with van der Waals surface area (Å²) in [6, 6.07) is 15.9. The van der Waals surface area contributed by atoms with E-state index in [1.165, 1.54) is 11.8 Å². The highest BCUT2D eigenvalue weighted by molar-refractivity contribution is 6.05. The predicted octanol–water partition coefficient (Wildman–Crippen LogP) is 3.22. The summed E-state index contributed by atoms with van der Waals surface area (Å²) in [4.78, 5) is 53.6. The number of aromatic nitrogens is 3. The van der Waals surface area contributed by atoms with Gasteiger partial charge in [0.05, 0.1) is 30.3 Å². The number of carbonyl (C=O) groups is 3. The van der Waals surface area contributed by atoms with Crippen LogP contribution in [0.3, 0.4) is 0 Å². The second-order valence-electron chi connectivity index (χ2n) is 7.96. The van der Waals surface area contributed by atoms with Crippen LogP contribution in [0.15, 0.2) is 59.4 Å². The number of hydrogen-bond donors (Lipinski definition) is 1. The number of H-pyrrole nitrogens is 1. The molecule has 9 nitrogen and oxygen atoms in total. The lowest BCUT2D eigenvalue weighted by atomic mass is 10.1. The third-order valence-corrected chi connectivity index (χ3v) is 5.68. The quantitative estimate of drug-likeness (QED) is 0.323. The molecule has 35 heavy (non-hydrogen) atoms. The fourth-order valence-electron chi connectivity index (χ4n) is 3.96. The molecule has 2 aromatic heterocycles. The number of methoxy groups -OCH3 is 1. The number of aryl methyl sites for hydroxylation is 1. The van der Waals surface area contributed by atoms with Gasteiger partial charge >= 0.3 is 11.9 Å². The van der Waals surface area contributed by atoms with Gasteiger partial charge in [-0.3, -0.25) is 9.59 Å². The Morgan fingerprint density at radius 2 is 1.60 bits per heavy atom. The number of fused-ring (bicyclic) bond motifs is 1. The minimum absolute atomic E-state index is 0.0708. The molecular weight excluding hydrogens is 450 g/mol. The number of nitrogens with zero attached hydrogens (tertiary/aromatic N) is 2. The van der Waals surface area contributed by atoms with Crippen LogP contribution in [-0.2, 0) is 16.0 Å². The van der Waals surface area contributed by atoms with Crippen molar-refractivity contribution in [3.8, 4) is 0 Å². The Hall–Kier alpha value is -4.53. The first kappa shape index (κ1) is 23.6. The number of ether oxygens (including phenoxy) is 2. The molecule has 4 aromatic rings. The maximum absolute atomic E-state index is 13.0. The zero-order valence-electron chi connectivity index (χ0n) is 19.5. The summed E-state index contributed by atoms with van der Waals surface area (Å²) in [5.74, 6) is -1.93. The van der Waals surface area contributed by atoms with Crippen molar-refractivity contribution < 1.29 is 23.9 Å². The Balaban J connectivity index is 1.62. The fraction of sp³-hybridized carbons (Fsp3) is 0.192. The summed E-state index contributed by atoms with van der Waals surface area (Å²) in [6.45, 7) is 2.85. The summed E-state index contributed by atoms with van der Waals surface area (Å²) >= 11 is 0. The van der Waals surface area contributed by atoms with Gasteiger partial charge in [0.15, 0.2) is 12.3 Å². The Morgan fingerprint density at radius 1 is 0.943 bits per heavy atom. The summed E-state index contributed by atoms with van der Waals surface area (Å²) in [5.41, 5.74) is 1.74. The van der Waals surface area contributed by atoms with Crippen LogP contribution in [0, 0.1) is 13.8 Å². The molecule has 2 heterocycles. The monoisotopic (exact) mass is 473 g/mol. The molecule has 9 heteroatoms. The van der Waals surface area contributed by atoms with Crippen LogP contribution in [0.25, 0.3) is 10.8 Å². The number of carbonyl (C=O) groups excluding carboxylic acids is 3. The van der Waals surface area contributed by atoms with Gasteiger partial charge in [0.1, 0.15) is 0 Å². The van der Waals surface area contributed by atoms with Crippen LogP contribution >= 0.6 is 0 Å². The first-order valence-corrected chi connectivity index (χ1v) is 10.8. The van der Waals surface area contributed by atoms with Crippen molar-refractivity contribution >= 4 is 28.5 Å². The minimum atomic E-state index is -0.842. The van der Waals surface area contributed by atoms with Crippen LogP contribution in [-0.4, -0.2) is 46.2 Å². The lowest BCUT2D eigenvalue weighted by Crippen LogP contribution is -2.27. The molecule has 1 N–H and O–H groups in total. The van der Waals surface area contributed by atoms with Crippen LogP contribution < -0.4 is 5.56 Å². The molecular formula is C26H23N3O6. The van der Waals surface area contributed by atoms with Crippen molar-refractivity contribution in [2.45, 2.75) is 20.4 Å². The van der Waals surface area contributed by atoms with Gasteiger partial charge in [-0.25, -0.2) is 14.3 Å². The number of esters is 2. The van der Waals surface area contributed by atoms with Gasteiger partial charge in [-0.15, -0.1) is 0 Å². The van der Waals surface area contributed by atoms with Crippen LogP contribution in [0.4, 0.5) is 0 Å². The topological polar surface area (TPSA) is 120 Å². The average Bonchev–Trinajstić information content (AvgIpc) is 3.18. The van der Waals surface area contributed by atoms with Gasteiger partial charge in [0.2, 0.25) is 5.78 Å². The number of Topliss-reactive ketones (excluding diaryl/α,β-unsaturated/α-hetero) is 1. The summed E-state index contributed by atoms with van der Waals surface area (Å²) in [7, 11) is 1.26. The van der Waals surface area contributed by atoms with Gasteiger partial charge in [-0.05, 0) is 31.0 Å². The van der Waals surface area contributed by atoms with E-state index in [-0.39, 0.29) is 29.1 Å². The maximum atomic E-state index is 13.0. The van der Waals surface area contributed by atoms with Crippen LogP contribution in [0.5, 0.6) is 0 Å². The Morgan fingerprint density at radius 3 is 2.29 bits per heavy atom. The van der Waals surface area contributed by atoms with Gasteiger partial charge < -0.3 is 14.5 Å². The van der Waals surface area contributed by atoms with Gasteiger partial charge in [-0.2, -0.15) is 5.10 Å². The largest absolute Gasteiger partial charge is 0.465 e. The number of aromatic amines is 1. The molecule has 0 unspecified atom stereocenters. The second-order valence-corrected chi connectivity index (χ2v) is 7.96. The molecule has 0 aliphatic heterocycles. The standard InChI is InChI=1S/C26H23N3O6/c1-15-21(25(32)34-3)16(2)27-22(15)20(30)14-35-26(33)23-18-11-7-8-12-19(18)24(31)29(28-23)13-17-9-5-4-6-10-17/h4-12,27H,13-14H2,1-3H3. The van der Waals surface area contributed by atoms with Crippen LogP contribution in [0.2, 0.25) is 0 Å². The Labute approximate surface area is 200 Å². The highest BCUT2D eigenvalue weighted by Crippen LogP contribution is 2.20. The molecule has 0 bridgehead atoms. The van der Waals surface area contributed by atoms with Crippen molar-refractivity contribution in [1.82, 2.24) is 14.8 Å². The highest BCUT2D eigenvalue weighted by Gasteiger charge is 2.24. The van der Waals surface area contributed by atoms with E-state index in [1.807, 2.05) is 30.3 Å². The van der Waals surface area contributed by atoms with Crippen molar-refractivity contribution in [3.05, 3.63) is 98.7 Å². The minimum Gasteiger partial charge on any atom is -0.465 e. The first-order valence-electron chi connectivity index (χ1n) is 10.8. The zero-order valence-corrected chi connectivity index (χ0v) is 19.5. The second kappa shape index (κ2) is 9.76. The van der Waals surface area contributed by atoms with Gasteiger partial charge in [-0.1, -0.05) is 48.5 Å². The van der Waals surface area contributed by atoms with E-state index < -0.39 is 24.3 Å². The van der Waals surface area contributed by atoms with E-state index in [1.54, 1.807) is 38.1 Å². The van der Waals surface area contributed by atoms with Gasteiger partial charge in [0.25, 0.3) is 5.56 Å². The lowest BCUT2D eigenvalue weighted by Gasteiger charge is -2.11. The lowest BCUT2D eigenvalue weighted by molar-refractivity contribution is 0.0467. The number of ketones is 1. The highest BCUT2D eigenvalue weighted by atomic mass is 16.5.